The Kier molecular flexibility index (Phi) is 11.6. The van der Waals surface area contributed by atoms with Crippen LogP contribution in [-0.2, 0) is 22.4 Å². The number of ether oxygens (including phenoxy) is 4. The van der Waals surface area contributed by atoms with Crippen LogP contribution < -0.4 is 19.1 Å². The Hall–Kier alpha value is -4.10. The molecule has 268 valence electrons. The molecular formula is C37H35BrCl2FN3O7. The van der Waals surface area contributed by atoms with E-state index in [0.29, 0.717) is 43.9 Å². The summed E-state index contributed by atoms with van der Waals surface area (Å²) in [7, 11) is 2.99. The molecule has 3 saturated heterocycles. The van der Waals surface area contributed by atoms with E-state index in [0.717, 1.165) is 25.9 Å². The largest absolute Gasteiger partial charge is 0.619 e. The van der Waals surface area contributed by atoms with E-state index < -0.39 is 24.0 Å². The van der Waals surface area contributed by atoms with E-state index in [1.54, 1.807) is 48.5 Å². The van der Waals surface area contributed by atoms with E-state index in [9.17, 15) is 14.8 Å². The van der Waals surface area contributed by atoms with Crippen molar-refractivity contribution >= 4 is 56.9 Å². The summed E-state index contributed by atoms with van der Waals surface area (Å²) in [6.45, 7) is 2.51. The summed E-state index contributed by atoms with van der Waals surface area (Å²) < 4.78 is 39.2. The zero-order valence-corrected chi connectivity index (χ0v) is 30.9. The summed E-state index contributed by atoms with van der Waals surface area (Å²) in [4.78, 5) is 31.2. The lowest BCUT2D eigenvalue weighted by molar-refractivity contribution is -0.605. The van der Waals surface area contributed by atoms with Gasteiger partial charge in [0, 0.05) is 23.0 Å². The molecule has 2 bridgehead atoms. The van der Waals surface area contributed by atoms with Gasteiger partial charge >= 0.3 is 12.1 Å². The number of rotatable bonds is 11. The van der Waals surface area contributed by atoms with Crippen LogP contribution in [0.15, 0.2) is 77.5 Å². The van der Waals surface area contributed by atoms with Gasteiger partial charge in [0.05, 0.1) is 32.0 Å². The second-order valence-corrected chi connectivity index (χ2v) is 14.2. The molecule has 51 heavy (non-hydrogen) atoms. The quantitative estimate of drug-likeness (QED) is 0.0857. The van der Waals surface area contributed by atoms with Crippen LogP contribution in [0, 0.1) is 16.9 Å². The molecule has 3 aliphatic rings. The Balaban J connectivity index is 1.29. The molecule has 0 spiro atoms. The van der Waals surface area contributed by atoms with Gasteiger partial charge in [-0.25, -0.2) is 14.0 Å². The average molecular weight is 804 g/mol. The van der Waals surface area contributed by atoms with E-state index in [1.807, 2.05) is 0 Å². The number of piperidine rings is 3. The van der Waals surface area contributed by atoms with Crippen LogP contribution in [0.5, 0.6) is 11.5 Å². The molecule has 1 aromatic heterocycles. The number of fused-ring (bicyclic) bond motifs is 3. The summed E-state index contributed by atoms with van der Waals surface area (Å²) in [6.07, 6.45) is 2.34. The standard InChI is InChI=1S/C37H35BrCl2FN3O7/c1-48-32-8-7-24(16-34(32)49-2)33(17-27-28(39)19-43(47)20-29(27)40)50-36(45)25-13-22(14-26(38)15-25)18-44(31-6-4-3-5-30(31)41)37(46)51-35-21-42-11-9-23(35)10-12-42/h3-8,13-16,19-20,23,33,35H,9-12,17-18,21H2,1-2H3/t33?,35-/m0/s1. The van der Waals surface area contributed by atoms with Crippen molar-refractivity contribution in [3.63, 3.8) is 0 Å². The minimum Gasteiger partial charge on any atom is -0.619 e. The predicted molar refractivity (Wildman–Crippen MR) is 193 cm³/mol. The molecule has 3 aromatic carbocycles. The van der Waals surface area contributed by atoms with Crippen molar-refractivity contribution in [1.29, 1.82) is 0 Å². The van der Waals surface area contributed by atoms with Gasteiger partial charge in [-0.2, -0.15) is 4.73 Å². The fourth-order valence-electron chi connectivity index (χ4n) is 6.59. The van der Waals surface area contributed by atoms with Crippen molar-refractivity contribution in [2.45, 2.75) is 38.0 Å². The third-order valence-corrected chi connectivity index (χ3v) is 10.3. The van der Waals surface area contributed by atoms with Crippen molar-refractivity contribution in [3.8, 4) is 11.5 Å². The molecule has 7 rings (SSSR count). The van der Waals surface area contributed by atoms with Gasteiger partial charge in [0.15, 0.2) is 23.9 Å². The molecule has 3 fully saturated rings. The number of methoxy groups -OCH3 is 2. The molecule has 2 atom stereocenters. The highest BCUT2D eigenvalue weighted by molar-refractivity contribution is 9.10. The van der Waals surface area contributed by atoms with Crippen LogP contribution in [0.25, 0.3) is 0 Å². The monoisotopic (exact) mass is 801 g/mol. The van der Waals surface area contributed by atoms with Crippen molar-refractivity contribution in [1.82, 2.24) is 4.90 Å². The maximum Gasteiger partial charge on any atom is 0.415 e. The van der Waals surface area contributed by atoms with E-state index >= 15 is 4.39 Å². The number of carbonyl (C=O) groups excluding carboxylic acids is 2. The van der Waals surface area contributed by atoms with Crippen LogP contribution >= 0.6 is 39.1 Å². The fraction of sp³-hybridized carbons (Fsp3) is 0.324. The number of amides is 1. The summed E-state index contributed by atoms with van der Waals surface area (Å²) >= 11 is 16.3. The Morgan fingerprint density at radius 3 is 2.37 bits per heavy atom. The van der Waals surface area contributed by atoms with Gasteiger partial charge in [-0.05, 0) is 85.4 Å². The highest BCUT2D eigenvalue weighted by atomic mass is 79.9. The average Bonchev–Trinajstić information content (AvgIpc) is 3.11. The van der Waals surface area contributed by atoms with Gasteiger partial charge in [0.25, 0.3) is 0 Å². The SMILES string of the molecule is COc1ccc(C(Cc2c(Cl)c[n+]([O-])cc2Cl)OC(=O)c2cc(Br)cc(CN(C(=O)O[C@H]3CN4CCC3CC4)c3ccccc3F)c2)cc1OC. The van der Waals surface area contributed by atoms with Crippen LogP contribution in [0.3, 0.4) is 0 Å². The van der Waals surface area contributed by atoms with Crippen LogP contribution in [0.4, 0.5) is 14.9 Å². The number of esters is 1. The van der Waals surface area contributed by atoms with Crippen molar-refractivity contribution in [2.24, 2.45) is 5.92 Å². The lowest BCUT2D eigenvalue weighted by Gasteiger charge is -2.44. The maximum atomic E-state index is 15.2. The van der Waals surface area contributed by atoms with Crippen LogP contribution in [0.2, 0.25) is 10.0 Å². The molecule has 0 saturated carbocycles. The van der Waals surface area contributed by atoms with Crippen molar-refractivity contribution in [3.05, 3.63) is 121 Å². The zero-order chi connectivity index (χ0) is 36.2. The smallest absolute Gasteiger partial charge is 0.415 e. The minimum atomic E-state index is -0.941. The summed E-state index contributed by atoms with van der Waals surface area (Å²) in [5.74, 6) is -0.156. The molecule has 1 unspecified atom stereocenters. The lowest BCUT2D eigenvalue weighted by Crippen LogP contribution is -2.53. The second-order valence-electron chi connectivity index (χ2n) is 12.5. The lowest BCUT2D eigenvalue weighted by atomic mass is 9.86. The molecule has 3 aliphatic heterocycles. The molecular weight excluding hydrogens is 768 g/mol. The number of carbonyl (C=O) groups is 2. The third-order valence-electron chi connectivity index (χ3n) is 9.22. The predicted octanol–water partition coefficient (Wildman–Crippen LogP) is 7.92. The van der Waals surface area contributed by atoms with Gasteiger partial charge in [-0.3, -0.25) is 9.80 Å². The van der Waals surface area contributed by atoms with E-state index in [1.165, 1.54) is 43.6 Å². The van der Waals surface area contributed by atoms with Gasteiger partial charge in [-0.15, -0.1) is 0 Å². The number of halogens is 4. The number of hydrogen-bond donors (Lipinski definition) is 0. The molecule has 1 amide bonds. The summed E-state index contributed by atoms with van der Waals surface area (Å²) in [5.41, 5.74) is 1.67. The molecule has 14 heteroatoms. The Labute approximate surface area is 313 Å². The first-order valence-electron chi connectivity index (χ1n) is 16.3. The van der Waals surface area contributed by atoms with Crippen LogP contribution in [-0.4, -0.2) is 56.9 Å². The van der Waals surface area contributed by atoms with Gasteiger partial charge in [0.1, 0.15) is 28.1 Å². The Morgan fingerprint density at radius 1 is 1.02 bits per heavy atom. The highest BCUT2D eigenvalue weighted by Gasteiger charge is 2.38. The van der Waals surface area contributed by atoms with E-state index in [-0.39, 0.29) is 46.3 Å². The zero-order valence-electron chi connectivity index (χ0n) is 27.8. The summed E-state index contributed by atoms with van der Waals surface area (Å²) in [6, 6.07) is 16.0. The topological polar surface area (TPSA) is 104 Å². The fourth-order valence-corrected chi connectivity index (χ4v) is 7.73. The number of hydrogen-bond acceptors (Lipinski definition) is 8. The number of para-hydroxylation sites is 1. The molecule has 0 radical (unpaired) electrons. The summed E-state index contributed by atoms with van der Waals surface area (Å²) in [5, 5.41) is 12.1. The first-order chi connectivity index (χ1) is 24.5. The molecule has 4 heterocycles. The molecule has 0 N–H and O–H groups in total. The number of aromatic nitrogens is 1. The molecule has 0 aliphatic carbocycles. The Bertz CT molecular complexity index is 1900. The third kappa shape index (κ3) is 8.52. The number of anilines is 1. The molecule has 10 nitrogen and oxygen atoms in total. The Morgan fingerprint density at radius 2 is 1.73 bits per heavy atom. The highest BCUT2D eigenvalue weighted by Crippen LogP contribution is 2.36. The first-order valence-corrected chi connectivity index (χ1v) is 17.8. The van der Waals surface area contributed by atoms with Gasteiger partial charge in [0.2, 0.25) is 0 Å². The second kappa shape index (κ2) is 16.1. The maximum absolute atomic E-state index is 15.2. The van der Waals surface area contributed by atoms with Crippen molar-refractivity contribution in [2.75, 3.05) is 38.8 Å². The first kappa shape index (κ1) is 36.7. The normalized spacial score (nSPS) is 18.5. The van der Waals surface area contributed by atoms with Crippen molar-refractivity contribution < 1.29 is 37.7 Å². The van der Waals surface area contributed by atoms with Crippen LogP contribution in [0.1, 0.15) is 46.0 Å². The molecule has 4 aromatic rings. The minimum absolute atomic E-state index is 0.0209. The number of benzene rings is 3. The number of pyridine rings is 1. The van der Waals surface area contributed by atoms with E-state index in [2.05, 4.69) is 20.8 Å². The van der Waals surface area contributed by atoms with Gasteiger partial charge < -0.3 is 24.2 Å². The van der Waals surface area contributed by atoms with E-state index in [4.69, 9.17) is 42.1 Å². The van der Waals surface area contributed by atoms with Gasteiger partial charge in [-0.1, -0.05) is 57.3 Å². The number of nitrogens with zero attached hydrogens (tertiary/aromatic N) is 3.